The van der Waals surface area contributed by atoms with Gasteiger partial charge in [0.15, 0.2) is 90.4 Å². The van der Waals surface area contributed by atoms with Gasteiger partial charge in [0.1, 0.15) is 0 Å². The van der Waals surface area contributed by atoms with Crippen molar-refractivity contribution in [3.8, 4) is 0 Å². The summed E-state index contributed by atoms with van der Waals surface area (Å²) in [5.41, 5.74) is 0. The van der Waals surface area contributed by atoms with Gasteiger partial charge < -0.3 is 57.6 Å². The van der Waals surface area contributed by atoms with Crippen molar-refractivity contribution in [1.82, 2.24) is 0 Å². The van der Waals surface area contributed by atoms with E-state index in [2.05, 4.69) is 168 Å². The van der Waals surface area contributed by atoms with Crippen LogP contribution in [-0.2, 0) is 57.6 Å². The molecule has 0 aliphatic rings. The Balaban J connectivity index is 0.000000666. The second-order valence-corrected chi connectivity index (χ2v) is 64.4. The molecule has 0 heterocycles. The second kappa shape index (κ2) is 29.9. The van der Waals surface area contributed by atoms with Crippen molar-refractivity contribution >= 4 is 154 Å². The van der Waals surface area contributed by atoms with Crippen LogP contribution < -0.4 is 10.4 Å². The van der Waals surface area contributed by atoms with E-state index >= 15 is 0 Å². The molecule has 0 N–H and O–H groups in total. The van der Waals surface area contributed by atoms with E-state index < -0.39 is 143 Å². The Morgan fingerprint density at radius 1 is 0.258 bits per heavy atom. The van der Waals surface area contributed by atoms with E-state index in [1.807, 2.05) is 49.5 Å². The molecule has 0 spiro atoms. The molecule has 0 aromatic heterocycles. The molecule has 0 bridgehead atoms. The van der Waals surface area contributed by atoms with E-state index in [0.29, 0.717) is 0 Å². The molecule has 66 heavy (non-hydrogen) atoms. The van der Waals surface area contributed by atoms with Gasteiger partial charge >= 0.3 is 52.8 Å². The minimum atomic E-state index is -3.33. The van der Waals surface area contributed by atoms with E-state index in [9.17, 15) is 0 Å². The summed E-state index contributed by atoms with van der Waals surface area (Å²) in [7, 11) is -33.8. The predicted molar refractivity (Wildman–Crippen MR) is 314 cm³/mol. The van der Waals surface area contributed by atoms with Crippen LogP contribution in [0.2, 0.25) is 157 Å². The molecule has 2 rings (SSSR count). The zero-order valence-corrected chi connectivity index (χ0v) is 62.8. The maximum Gasteiger partial charge on any atom is 0.637 e. The molecule has 0 aliphatic carbocycles. The minimum absolute atomic E-state index is 0.997. The molecule has 14 nitrogen and oxygen atoms in total. The van der Waals surface area contributed by atoms with E-state index in [4.69, 9.17) is 57.6 Å². The summed E-state index contributed by atoms with van der Waals surface area (Å²) in [6.45, 7) is 50.9. The number of hydrogen-bond donors (Lipinski definition) is 0. The molecule has 2 aromatic carbocycles. The summed E-state index contributed by atoms with van der Waals surface area (Å²) >= 11 is 0. The standard InChI is InChI=1S/C22H44O6Si7.C14H48O8Si9/c1-29(2)23-34(24-30(3)4,21-17-13-11-14-18-21)27-33(9,10)28-35(25-31(5)6,26-32(7)8)22-19-15-12-16-20-22;1-23(2)15-30(16-24(3)4,17-25(5)6)21-29(13,14)22-31(18-26(7)8,19-27(9)10)20-28(11)12/h11-20,29-32H,1-10H3;23-28H,1-14H3. The lowest BCUT2D eigenvalue weighted by molar-refractivity contribution is 0.112. The zero-order chi connectivity index (χ0) is 50.9. The van der Waals surface area contributed by atoms with Crippen molar-refractivity contribution in [3.63, 3.8) is 0 Å². The van der Waals surface area contributed by atoms with Gasteiger partial charge in [-0.15, -0.1) is 0 Å². The summed E-state index contributed by atoms with van der Waals surface area (Å²) in [6.07, 6.45) is 0. The fourth-order valence-corrected chi connectivity index (χ4v) is 57.6. The molecule has 0 radical (unpaired) electrons. The lowest BCUT2D eigenvalue weighted by atomic mass is 10.4. The second-order valence-electron chi connectivity index (χ2n) is 19.7. The van der Waals surface area contributed by atoms with Gasteiger partial charge in [-0.2, -0.15) is 0 Å². The SMILES string of the molecule is C[SiH](C)O[Si](O[SiH](C)C)(O[SiH](C)C)O[Si](C)(C)O[Si](O[SiH](C)C)(O[SiH](C)C)O[SiH](C)C.C[SiH](C)O[Si](O[SiH](C)C)(O[Si](C)(C)O[Si](O[SiH](C)C)(O[SiH](C)C)c1ccccc1)c1ccccc1. The van der Waals surface area contributed by atoms with Crippen molar-refractivity contribution < 1.29 is 57.6 Å². The summed E-state index contributed by atoms with van der Waals surface area (Å²) in [6, 6.07) is 20.4. The molecule has 0 unspecified atom stereocenters. The molecule has 0 saturated heterocycles. The maximum atomic E-state index is 7.06. The largest absolute Gasteiger partial charge is 0.637 e. The van der Waals surface area contributed by atoms with Crippen molar-refractivity contribution in [2.45, 2.75) is 157 Å². The fraction of sp³-hybridized carbons (Fsp3) is 0.667. The first-order valence-electron chi connectivity index (χ1n) is 23.9. The zero-order valence-electron chi connectivity index (χ0n) is 45.3. The van der Waals surface area contributed by atoms with Crippen LogP contribution in [0.5, 0.6) is 0 Å². The normalized spacial score (nSPS) is 13.8. The van der Waals surface area contributed by atoms with Gasteiger partial charge in [-0.1, -0.05) is 60.7 Å². The number of benzene rings is 2. The van der Waals surface area contributed by atoms with Gasteiger partial charge in [-0.3, -0.25) is 0 Å². The third kappa shape index (κ3) is 25.3. The van der Waals surface area contributed by atoms with Gasteiger partial charge in [0, 0.05) is 10.4 Å². The molecule has 30 heteroatoms. The maximum absolute atomic E-state index is 7.06. The average Bonchev–Trinajstić information content (AvgIpc) is 3.08. The van der Waals surface area contributed by atoms with Crippen LogP contribution in [0, 0.1) is 0 Å². The van der Waals surface area contributed by atoms with Crippen molar-refractivity contribution in [3.05, 3.63) is 60.7 Å². The first-order chi connectivity index (χ1) is 30.2. The molecule has 0 amide bonds. The Bertz CT molecular complexity index is 1430. The minimum Gasteiger partial charge on any atom is -0.416 e. The summed E-state index contributed by atoms with van der Waals surface area (Å²) in [5.74, 6) is 0. The molecular formula is C36H92O14Si16. The summed E-state index contributed by atoms with van der Waals surface area (Å²) in [4.78, 5) is 0. The first-order valence-corrected chi connectivity index (χ1v) is 64.1. The summed E-state index contributed by atoms with van der Waals surface area (Å²) in [5, 5.41) is 1.99. The Labute approximate surface area is 425 Å². The van der Waals surface area contributed by atoms with E-state index in [1.165, 1.54) is 0 Å². The van der Waals surface area contributed by atoms with Gasteiger partial charge in [0.2, 0.25) is 0 Å². The number of rotatable bonds is 30. The van der Waals surface area contributed by atoms with Crippen LogP contribution >= 0.6 is 0 Å². The third-order valence-electron chi connectivity index (χ3n) is 7.60. The summed E-state index contributed by atoms with van der Waals surface area (Å²) < 4.78 is 92.9. The van der Waals surface area contributed by atoms with E-state index in [1.54, 1.807) is 0 Å². The molecule has 0 aliphatic heterocycles. The Hall–Kier alpha value is 1.35. The van der Waals surface area contributed by atoms with Crippen molar-refractivity contribution in [2.75, 3.05) is 0 Å². The smallest absolute Gasteiger partial charge is 0.416 e. The van der Waals surface area contributed by atoms with Gasteiger partial charge in [0.05, 0.1) is 0 Å². The molecule has 0 fully saturated rings. The van der Waals surface area contributed by atoms with Crippen LogP contribution in [0.3, 0.4) is 0 Å². The van der Waals surface area contributed by atoms with Gasteiger partial charge in [0.25, 0.3) is 0 Å². The molecular weight excluding hydrogens is 1110 g/mol. The third-order valence-corrected chi connectivity index (χ3v) is 52.4. The molecule has 2 aromatic rings. The Kier molecular flexibility index (Phi) is 29.6. The highest BCUT2D eigenvalue weighted by molar-refractivity contribution is 6.95. The van der Waals surface area contributed by atoms with Crippen LogP contribution in [0.15, 0.2) is 60.7 Å². The van der Waals surface area contributed by atoms with Crippen LogP contribution in [0.25, 0.3) is 0 Å². The molecule has 0 atom stereocenters. The van der Waals surface area contributed by atoms with Gasteiger partial charge in [-0.25, -0.2) is 0 Å². The highest BCUT2D eigenvalue weighted by atomic mass is 28.6. The number of hydrogen-bond acceptors (Lipinski definition) is 14. The van der Waals surface area contributed by atoms with Crippen molar-refractivity contribution in [1.29, 1.82) is 0 Å². The average molecular weight is 1200 g/mol. The van der Waals surface area contributed by atoms with Crippen LogP contribution in [-0.4, -0.2) is 143 Å². The first kappa shape index (κ1) is 65.4. The topological polar surface area (TPSA) is 129 Å². The lowest BCUT2D eigenvalue weighted by Crippen LogP contribution is -2.70. The van der Waals surface area contributed by atoms with Crippen LogP contribution in [0.1, 0.15) is 0 Å². The Morgan fingerprint density at radius 2 is 0.439 bits per heavy atom. The fourth-order valence-electron chi connectivity index (χ4n) is 6.40. The van der Waals surface area contributed by atoms with E-state index in [-0.39, 0.29) is 0 Å². The van der Waals surface area contributed by atoms with Gasteiger partial charge in [-0.05, 0) is 157 Å². The lowest BCUT2D eigenvalue weighted by Gasteiger charge is -2.43. The molecule has 0 saturated carbocycles. The van der Waals surface area contributed by atoms with Crippen LogP contribution in [0.4, 0.5) is 0 Å². The highest BCUT2D eigenvalue weighted by Gasteiger charge is 2.59. The quantitative estimate of drug-likeness (QED) is 0.0848. The monoisotopic (exact) mass is 1200 g/mol. The van der Waals surface area contributed by atoms with Crippen molar-refractivity contribution in [2.24, 2.45) is 0 Å². The highest BCUT2D eigenvalue weighted by Crippen LogP contribution is 2.29. The predicted octanol–water partition coefficient (Wildman–Crippen LogP) is 6.01. The van der Waals surface area contributed by atoms with E-state index in [0.717, 1.165) is 10.4 Å². The molecule has 384 valence electrons. The Morgan fingerprint density at radius 3 is 0.621 bits per heavy atom.